The zero-order chi connectivity index (χ0) is 18.6. The molecule has 4 fully saturated rings. The normalized spacial score (nSPS) is 31.7. The zero-order valence-electron chi connectivity index (χ0n) is 16.3. The van der Waals surface area contributed by atoms with Crippen LogP contribution >= 0.6 is 0 Å². The Morgan fingerprint density at radius 1 is 1.00 bits per heavy atom. The SMILES string of the molecule is C/C=C/c1cnc(-c2cc(C34CC5CC(CC(C5)C3)C4)c(O)cc2C)nc1. The Morgan fingerprint density at radius 3 is 2.15 bits per heavy atom. The molecule has 0 radical (unpaired) electrons. The molecule has 140 valence electrons. The van der Waals surface area contributed by atoms with E-state index in [9.17, 15) is 5.11 Å². The molecule has 1 aromatic heterocycles. The fraction of sp³-hybridized carbons (Fsp3) is 0.500. The molecule has 4 aliphatic carbocycles. The van der Waals surface area contributed by atoms with Gasteiger partial charge in [0.2, 0.25) is 0 Å². The Kier molecular flexibility index (Phi) is 3.89. The van der Waals surface area contributed by atoms with Crippen LogP contribution in [0.2, 0.25) is 0 Å². The van der Waals surface area contributed by atoms with E-state index in [1.807, 2.05) is 44.5 Å². The van der Waals surface area contributed by atoms with Gasteiger partial charge in [-0.05, 0) is 93.2 Å². The molecule has 6 rings (SSSR count). The van der Waals surface area contributed by atoms with E-state index in [1.165, 1.54) is 38.5 Å². The average Bonchev–Trinajstić information content (AvgIpc) is 2.61. The smallest absolute Gasteiger partial charge is 0.159 e. The lowest BCUT2D eigenvalue weighted by Gasteiger charge is -2.57. The molecule has 27 heavy (non-hydrogen) atoms. The molecule has 0 spiro atoms. The van der Waals surface area contributed by atoms with Crippen LogP contribution in [0.4, 0.5) is 0 Å². The van der Waals surface area contributed by atoms with Gasteiger partial charge >= 0.3 is 0 Å². The Hall–Kier alpha value is -2.16. The van der Waals surface area contributed by atoms with Gasteiger partial charge in [0.15, 0.2) is 5.82 Å². The highest BCUT2D eigenvalue weighted by molar-refractivity contribution is 5.65. The zero-order valence-corrected chi connectivity index (χ0v) is 16.3. The first-order valence-corrected chi connectivity index (χ1v) is 10.4. The van der Waals surface area contributed by atoms with Crippen molar-refractivity contribution in [1.82, 2.24) is 9.97 Å². The van der Waals surface area contributed by atoms with E-state index in [2.05, 4.69) is 16.0 Å². The molecule has 4 aliphatic rings. The second-order valence-corrected chi connectivity index (χ2v) is 9.22. The summed E-state index contributed by atoms with van der Waals surface area (Å²) in [6.07, 6.45) is 15.7. The summed E-state index contributed by atoms with van der Waals surface area (Å²) in [5, 5.41) is 10.9. The predicted octanol–water partition coefficient (Wildman–Crippen LogP) is 5.66. The van der Waals surface area contributed by atoms with Crippen molar-refractivity contribution in [3.63, 3.8) is 0 Å². The molecule has 4 bridgehead atoms. The van der Waals surface area contributed by atoms with Crippen molar-refractivity contribution in [2.24, 2.45) is 17.8 Å². The number of aryl methyl sites for hydroxylation is 1. The summed E-state index contributed by atoms with van der Waals surface area (Å²) in [7, 11) is 0. The lowest BCUT2D eigenvalue weighted by atomic mass is 9.48. The van der Waals surface area contributed by atoms with Gasteiger partial charge in [0.05, 0.1) is 0 Å². The Labute approximate surface area is 161 Å². The van der Waals surface area contributed by atoms with E-state index in [0.717, 1.165) is 45.8 Å². The van der Waals surface area contributed by atoms with Crippen LogP contribution in [0.15, 0.2) is 30.6 Å². The van der Waals surface area contributed by atoms with Crippen molar-refractivity contribution in [3.8, 4) is 17.1 Å². The van der Waals surface area contributed by atoms with Crippen LogP contribution in [-0.2, 0) is 5.41 Å². The van der Waals surface area contributed by atoms with Crippen LogP contribution in [0.3, 0.4) is 0 Å². The minimum absolute atomic E-state index is 0.173. The summed E-state index contributed by atoms with van der Waals surface area (Å²) in [6.45, 7) is 4.04. The van der Waals surface area contributed by atoms with Crippen molar-refractivity contribution in [3.05, 3.63) is 47.3 Å². The third-order valence-corrected chi connectivity index (χ3v) is 7.22. The minimum Gasteiger partial charge on any atom is -0.508 e. The molecule has 1 heterocycles. The lowest BCUT2D eigenvalue weighted by molar-refractivity contribution is -0.00611. The molecule has 1 aromatic carbocycles. The largest absolute Gasteiger partial charge is 0.508 e. The molecular formula is C24H28N2O. The highest BCUT2D eigenvalue weighted by atomic mass is 16.3. The number of phenolic OH excluding ortho intramolecular Hbond substituents is 1. The first kappa shape index (κ1) is 17.0. The molecule has 0 aliphatic heterocycles. The molecule has 4 saturated carbocycles. The number of rotatable bonds is 3. The summed E-state index contributed by atoms with van der Waals surface area (Å²) in [6, 6.07) is 4.15. The molecule has 2 aromatic rings. The van der Waals surface area contributed by atoms with Gasteiger partial charge < -0.3 is 5.11 Å². The third kappa shape index (κ3) is 2.79. The van der Waals surface area contributed by atoms with Crippen LogP contribution in [-0.4, -0.2) is 15.1 Å². The van der Waals surface area contributed by atoms with E-state index >= 15 is 0 Å². The summed E-state index contributed by atoms with van der Waals surface area (Å²) in [4.78, 5) is 9.20. The highest BCUT2D eigenvalue weighted by Gasteiger charge is 2.52. The molecule has 3 heteroatoms. The number of aromatic hydroxyl groups is 1. The first-order chi connectivity index (χ1) is 13.1. The maximum Gasteiger partial charge on any atom is 0.159 e. The number of phenols is 1. The quantitative estimate of drug-likeness (QED) is 0.768. The molecular weight excluding hydrogens is 332 g/mol. The number of nitrogens with zero attached hydrogens (tertiary/aromatic N) is 2. The van der Waals surface area contributed by atoms with Crippen molar-refractivity contribution in [2.45, 2.75) is 57.8 Å². The highest BCUT2D eigenvalue weighted by Crippen LogP contribution is 2.62. The Balaban J connectivity index is 1.57. The number of allylic oxidation sites excluding steroid dienone is 1. The van der Waals surface area contributed by atoms with Gasteiger partial charge in [0, 0.05) is 29.1 Å². The Bertz CT molecular complexity index is 862. The van der Waals surface area contributed by atoms with Crippen molar-refractivity contribution in [1.29, 1.82) is 0 Å². The molecule has 0 saturated heterocycles. The van der Waals surface area contributed by atoms with Gasteiger partial charge in [-0.25, -0.2) is 9.97 Å². The third-order valence-electron chi connectivity index (χ3n) is 7.22. The standard InChI is InChI=1S/C24H28N2O/c1-3-4-16-13-25-23(26-14-16)20-9-21(22(27)5-15(20)2)24-10-17-6-18(11-24)8-19(7-17)12-24/h3-5,9,13-14,17-19,27H,6-8,10-12H2,1-2H3/b4-3+. The number of benzene rings is 1. The fourth-order valence-electron chi connectivity index (χ4n) is 6.55. The van der Waals surface area contributed by atoms with Gasteiger partial charge in [0.1, 0.15) is 5.75 Å². The second-order valence-electron chi connectivity index (χ2n) is 9.22. The van der Waals surface area contributed by atoms with Crippen LogP contribution < -0.4 is 0 Å². The second kappa shape index (κ2) is 6.19. The van der Waals surface area contributed by atoms with Crippen molar-refractivity contribution >= 4 is 6.08 Å². The van der Waals surface area contributed by atoms with E-state index in [0.29, 0.717) is 5.75 Å². The molecule has 0 atom stereocenters. The monoisotopic (exact) mass is 360 g/mol. The van der Waals surface area contributed by atoms with Gasteiger partial charge in [-0.1, -0.05) is 12.2 Å². The maximum absolute atomic E-state index is 10.9. The number of hydrogen-bond donors (Lipinski definition) is 1. The van der Waals surface area contributed by atoms with E-state index in [-0.39, 0.29) is 5.41 Å². The fourth-order valence-corrected chi connectivity index (χ4v) is 6.55. The summed E-state index contributed by atoms with van der Waals surface area (Å²) in [5.74, 6) is 3.81. The predicted molar refractivity (Wildman–Crippen MR) is 108 cm³/mol. The Morgan fingerprint density at radius 2 is 1.59 bits per heavy atom. The molecule has 0 amide bonds. The average molecular weight is 361 g/mol. The van der Waals surface area contributed by atoms with Crippen LogP contribution in [0, 0.1) is 24.7 Å². The van der Waals surface area contributed by atoms with Gasteiger partial charge in [-0.3, -0.25) is 0 Å². The van der Waals surface area contributed by atoms with Gasteiger partial charge in [0.25, 0.3) is 0 Å². The lowest BCUT2D eigenvalue weighted by Crippen LogP contribution is -2.48. The van der Waals surface area contributed by atoms with Crippen molar-refractivity contribution in [2.75, 3.05) is 0 Å². The summed E-state index contributed by atoms with van der Waals surface area (Å²) in [5.41, 5.74) is 4.44. The van der Waals surface area contributed by atoms with Crippen LogP contribution in [0.5, 0.6) is 5.75 Å². The van der Waals surface area contributed by atoms with E-state index < -0.39 is 0 Å². The van der Waals surface area contributed by atoms with Gasteiger partial charge in [-0.15, -0.1) is 0 Å². The first-order valence-electron chi connectivity index (χ1n) is 10.4. The topological polar surface area (TPSA) is 46.0 Å². The summed E-state index contributed by atoms with van der Waals surface area (Å²) >= 11 is 0. The van der Waals surface area contributed by atoms with Crippen molar-refractivity contribution < 1.29 is 5.11 Å². The van der Waals surface area contributed by atoms with E-state index in [1.54, 1.807) is 0 Å². The van der Waals surface area contributed by atoms with E-state index in [4.69, 9.17) is 0 Å². The molecule has 3 nitrogen and oxygen atoms in total. The number of hydrogen-bond acceptors (Lipinski definition) is 3. The molecule has 1 N–H and O–H groups in total. The summed E-state index contributed by atoms with van der Waals surface area (Å²) < 4.78 is 0. The van der Waals surface area contributed by atoms with Crippen LogP contribution in [0.25, 0.3) is 17.5 Å². The van der Waals surface area contributed by atoms with Gasteiger partial charge in [-0.2, -0.15) is 0 Å². The minimum atomic E-state index is 0.173. The van der Waals surface area contributed by atoms with Crippen LogP contribution in [0.1, 0.15) is 62.1 Å². The molecule has 0 unspecified atom stereocenters. The maximum atomic E-state index is 10.9. The number of aromatic nitrogens is 2.